The Hall–Kier alpha value is -1.49. The van der Waals surface area contributed by atoms with Gasteiger partial charge in [0, 0.05) is 11.3 Å². The second-order valence-electron chi connectivity index (χ2n) is 5.63. The quantitative estimate of drug-likeness (QED) is 0.845. The molecule has 5 heteroatoms. The van der Waals surface area contributed by atoms with Gasteiger partial charge in [0.1, 0.15) is 0 Å². The van der Waals surface area contributed by atoms with Crippen LogP contribution in [-0.4, -0.2) is 34.0 Å². The number of thioether (sulfide) groups is 1. The first kappa shape index (κ1) is 16.9. The van der Waals surface area contributed by atoms with E-state index >= 15 is 0 Å². The van der Waals surface area contributed by atoms with E-state index in [0.29, 0.717) is 5.25 Å². The molecule has 4 nitrogen and oxygen atoms in total. The average Bonchev–Trinajstić information content (AvgIpc) is 2.49. The molecule has 0 radical (unpaired) electrons. The Bertz CT molecular complexity index is 530. The molecule has 0 aromatic heterocycles. The summed E-state index contributed by atoms with van der Waals surface area (Å²) >= 11 is 1.92. The lowest BCUT2D eigenvalue weighted by Crippen LogP contribution is -2.44. The van der Waals surface area contributed by atoms with Gasteiger partial charge in [-0.25, -0.2) is 4.79 Å². The van der Waals surface area contributed by atoms with E-state index in [1.807, 2.05) is 11.8 Å². The lowest BCUT2D eigenvalue weighted by atomic mass is 9.94. The van der Waals surface area contributed by atoms with Crippen molar-refractivity contribution < 1.29 is 14.7 Å². The van der Waals surface area contributed by atoms with Crippen molar-refractivity contribution >= 4 is 23.6 Å². The van der Waals surface area contributed by atoms with Crippen LogP contribution < -0.4 is 5.32 Å². The van der Waals surface area contributed by atoms with Crippen molar-refractivity contribution in [3.8, 4) is 0 Å². The number of benzene rings is 1. The summed E-state index contributed by atoms with van der Waals surface area (Å²) in [4.78, 5) is 23.2. The van der Waals surface area contributed by atoms with Crippen LogP contribution in [0.3, 0.4) is 0 Å². The van der Waals surface area contributed by atoms with Crippen molar-refractivity contribution in [2.45, 2.75) is 50.3 Å². The number of rotatable bonds is 6. The Morgan fingerprint density at radius 1 is 1.32 bits per heavy atom. The molecule has 1 aromatic rings. The van der Waals surface area contributed by atoms with E-state index in [-0.39, 0.29) is 23.9 Å². The molecule has 0 heterocycles. The highest BCUT2D eigenvalue weighted by molar-refractivity contribution is 7.99. The Labute approximate surface area is 135 Å². The molecule has 1 fully saturated rings. The van der Waals surface area contributed by atoms with Crippen LogP contribution in [0.2, 0.25) is 0 Å². The largest absolute Gasteiger partial charge is 0.478 e. The molecule has 0 aliphatic heterocycles. The molecule has 1 aliphatic carbocycles. The predicted molar refractivity (Wildman–Crippen MR) is 89.4 cm³/mol. The molecule has 2 atom stereocenters. The van der Waals surface area contributed by atoms with Gasteiger partial charge in [0.25, 0.3) is 0 Å². The fraction of sp³-hybridized carbons (Fsp3) is 0.529. The number of carbonyl (C=O) groups is 2. The van der Waals surface area contributed by atoms with Gasteiger partial charge in [0.2, 0.25) is 5.91 Å². The molecular formula is C17H23NO3S. The Morgan fingerprint density at radius 2 is 2.09 bits per heavy atom. The molecule has 0 saturated heterocycles. The number of carboxylic acid groups (broad SMARTS) is 1. The summed E-state index contributed by atoms with van der Waals surface area (Å²) in [6.45, 7) is 2.15. The molecule has 1 aromatic carbocycles. The number of nitrogens with one attached hydrogen (secondary N) is 1. The summed E-state index contributed by atoms with van der Waals surface area (Å²) in [5, 5.41) is 12.6. The zero-order valence-electron chi connectivity index (χ0n) is 12.9. The van der Waals surface area contributed by atoms with Gasteiger partial charge >= 0.3 is 5.97 Å². The molecule has 2 N–H and O–H groups in total. The fourth-order valence-corrected chi connectivity index (χ4v) is 4.13. The minimum atomic E-state index is -0.964. The van der Waals surface area contributed by atoms with Gasteiger partial charge < -0.3 is 10.4 Å². The molecule has 0 bridgehead atoms. The molecule has 1 saturated carbocycles. The summed E-state index contributed by atoms with van der Waals surface area (Å²) in [5.74, 6) is 0.0858. The first-order valence-electron chi connectivity index (χ1n) is 7.83. The predicted octanol–water partition coefficient (Wildman–Crippen LogP) is 3.11. The zero-order chi connectivity index (χ0) is 15.9. The Balaban J connectivity index is 1.94. The summed E-state index contributed by atoms with van der Waals surface area (Å²) in [6.07, 6.45) is 4.85. The molecular weight excluding hydrogens is 298 g/mol. The lowest BCUT2D eigenvalue weighted by molar-refractivity contribution is -0.121. The van der Waals surface area contributed by atoms with Gasteiger partial charge in [-0.3, -0.25) is 4.79 Å². The average molecular weight is 321 g/mol. The van der Waals surface area contributed by atoms with Gasteiger partial charge in [-0.05, 0) is 36.3 Å². The minimum Gasteiger partial charge on any atom is -0.478 e. The number of aromatic carboxylic acids is 1. The van der Waals surface area contributed by atoms with Crippen molar-refractivity contribution in [2.75, 3.05) is 5.75 Å². The van der Waals surface area contributed by atoms with E-state index in [1.54, 1.807) is 24.3 Å². The van der Waals surface area contributed by atoms with E-state index in [1.165, 1.54) is 12.8 Å². The van der Waals surface area contributed by atoms with Crippen LogP contribution in [0.15, 0.2) is 24.3 Å². The Morgan fingerprint density at radius 3 is 2.82 bits per heavy atom. The molecule has 22 heavy (non-hydrogen) atoms. The van der Waals surface area contributed by atoms with Gasteiger partial charge in [-0.1, -0.05) is 31.9 Å². The monoisotopic (exact) mass is 321 g/mol. The van der Waals surface area contributed by atoms with Crippen LogP contribution in [0.5, 0.6) is 0 Å². The van der Waals surface area contributed by atoms with Crippen molar-refractivity contribution in [3.05, 3.63) is 35.4 Å². The van der Waals surface area contributed by atoms with E-state index in [2.05, 4.69) is 12.2 Å². The molecule has 2 rings (SSSR count). The lowest BCUT2D eigenvalue weighted by Gasteiger charge is -2.31. The van der Waals surface area contributed by atoms with Crippen LogP contribution >= 0.6 is 11.8 Å². The third-order valence-electron chi connectivity index (χ3n) is 3.97. The van der Waals surface area contributed by atoms with E-state index in [0.717, 1.165) is 24.2 Å². The van der Waals surface area contributed by atoms with Crippen LogP contribution in [0.1, 0.15) is 48.5 Å². The molecule has 1 aliphatic rings. The maximum atomic E-state index is 12.2. The van der Waals surface area contributed by atoms with Crippen LogP contribution in [-0.2, 0) is 11.2 Å². The number of hydrogen-bond acceptors (Lipinski definition) is 3. The molecule has 120 valence electrons. The third-order valence-corrected chi connectivity index (χ3v) is 5.29. The first-order chi connectivity index (χ1) is 10.6. The molecule has 0 spiro atoms. The third kappa shape index (κ3) is 4.77. The van der Waals surface area contributed by atoms with Crippen LogP contribution in [0.25, 0.3) is 0 Å². The van der Waals surface area contributed by atoms with Crippen molar-refractivity contribution in [1.82, 2.24) is 5.32 Å². The SMILES string of the molecule is CCSC1CCCCC1NC(=O)Cc1cccc(C(=O)O)c1. The van der Waals surface area contributed by atoms with Crippen LogP contribution in [0, 0.1) is 0 Å². The standard InChI is InChI=1S/C17H23NO3S/c1-2-22-15-9-4-3-8-14(15)18-16(19)11-12-6-5-7-13(10-12)17(20)21/h5-7,10,14-15H,2-4,8-9,11H2,1H3,(H,18,19)(H,20,21). The van der Waals surface area contributed by atoms with Crippen molar-refractivity contribution in [3.63, 3.8) is 0 Å². The summed E-state index contributed by atoms with van der Waals surface area (Å²) in [5.41, 5.74) is 0.968. The summed E-state index contributed by atoms with van der Waals surface area (Å²) in [6, 6.07) is 6.84. The van der Waals surface area contributed by atoms with Crippen molar-refractivity contribution in [2.24, 2.45) is 0 Å². The second-order valence-corrected chi connectivity index (χ2v) is 7.15. The number of hydrogen-bond donors (Lipinski definition) is 2. The van der Waals surface area contributed by atoms with Gasteiger partial charge in [-0.15, -0.1) is 0 Å². The van der Waals surface area contributed by atoms with Gasteiger partial charge in [0.15, 0.2) is 0 Å². The maximum Gasteiger partial charge on any atom is 0.335 e. The Kier molecular flexibility index (Phi) is 6.31. The van der Waals surface area contributed by atoms with E-state index in [9.17, 15) is 9.59 Å². The van der Waals surface area contributed by atoms with Crippen molar-refractivity contribution in [1.29, 1.82) is 0 Å². The van der Waals surface area contributed by atoms with Crippen LogP contribution in [0.4, 0.5) is 0 Å². The van der Waals surface area contributed by atoms with E-state index in [4.69, 9.17) is 5.11 Å². The maximum absolute atomic E-state index is 12.2. The number of amides is 1. The molecule has 1 amide bonds. The number of carbonyl (C=O) groups excluding carboxylic acids is 1. The zero-order valence-corrected chi connectivity index (χ0v) is 13.7. The minimum absolute atomic E-state index is 0.0175. The highest BCUT2D eigenvalue weighted by atomic mass is 32.2. The second kappa shape index (κ2) is 8.22. The van der Waals surface area contributed by atoms with E-state index < -0.39 is 5.97 Å². The highest BCUT2D eigenvalue weighted by Gasteiger charge is 2.26. The molecule has 2 unspecified atom stereocenters. The first-order valence-corrected chi connectivity index (χ1v) is 8.88. The summed E-state index contributed by atoms with van der Waals surface area (Å²) < 4.78 is 0. The fourth-order valence-electron chi connectivity index (χ4n) is 2.93. The normalized spacial score (nSPS) is 21.3. The van der Waals surface area contributed by atoms with Gasteiger partial charge in [0.05, 0.1) is 12.0 Å². The highest BCUT2D eigenvalue weighted by Crippen LogP contribution is 2.28. The number of carboxylic acids is 1. The van der Waals surface area contributed by atoms with Gasteiger partial charge in [-0.2, -0.15) is 11.8 Å². The summed E-state index contributed by atoms with van der Waals surface area (Å²) in [7, 11) is 0. The topological polar surface area (TPSA) is 66.4 Å². The smallest absolute Gasteiger partial charge is 0.335 e.